The third kappa shape index (κ3) is 3.74. The fourth-order valence-electron chi connectivity index (χ4n) is 1.91. The van der Waals surface area contributed by atoms with Crippen LogP contribution in [-0.4, -0.2) is 61.2 Å². The van der Waals surface area contributed by atoms with Crippen molar-refractivity contribution in [1.82, 2.24) is 9.80 Å². The molecule has 4 heteroatoms. The molecular formula is C9H18N2O2. The van der Waals surface area contributed by atoms with E-state index in [0.717, 1.165) is 26.1 Å². The van der Waals surface area contributed by atoms with Gasteiger partial charge >= 0.3 is 5.97 Å². The Morgan fingerprint density at radius 1 is 1.62 bits per heavy atom. The van der Waals surface area contributed by atoms with E-state index in [4.69, 9.17) is 5.11 Å². The number of aliphatic carboxylic acids is 1. The standard InChI is InChI=1S/C9H18N2O2/c1-10(2)5-8-3-4-11(6-8)7-9(12)13/h8H,3-7H2,1-2H3,(H,12,13)/t8-/m0/s1. The first kappa shape index (κ1) is 10.5. The van der Waals surface area contributed by atoms with Crippen molar-refractivity contribution in [3.05, 3.63) is 0 Å². The van der Waals surface area contributed by atoms with Gasteiger partial charge in [-0.3, -0.25) is 9.69 Å². The minimum absolute atomic E-state index is 0.198. The Balaban J connectivity index is 2.24. The van der Waals surface area contributed by atoms with E-state index in [0.29, 0.717) is 5.92 Å². The van der Waals surface area contributed by atoms with Gasteiger partial charge in [-0.15, -0.1) is 0 Å². The van der Waals surface area contributed by atoms with Crippen molar-refractivity contribution < 1.29 is 9.90 Å². The first-order valence-corrected chi connectivity index (χ1v) is 4.67. The summed E-state index contributed by atoms with van der Waals surface area (Å²) in [5.74, 6) is -0.0696. The third-order valence-corrected chi connectivity index (χ3v) is 2.35. The lowest BCUT2D eigenvalue weighted by Crippen LogP contribution is -2.29. The summed E-state index contributed by atoms with van der Waals surface area (Å²) in [6.07, 6.45) is 1.13. The number of carboxylic acids is 1. The van der Waals surface area contributed by atoms with Gasteiger partial charge in [-0.05, 0) is 33.0 Å². The summed E-state index contributed by atoms with van der Waals surface area (Å²) in [7, 11) is 4.11. The molecule has 0 amide bonds. The summed E-state index contributed by atoms with van der Waals surface area (Å²) in [6.45, 7) is 3.13. The van der Waals surface area contributed by atoms with Crippen molar-refractivity contribution in [2.24, 2.45) is 5.92 Å². The Bertz CT molecular complexity index is 182. The van der Waals surface area contributed by atoms with Crippen LogP contribution in [0.1, 0.15) is 6.42 Å². The molecule has 1 rings (SSSR count). The Morgan fingerprint density at radius 3 is 2.85 bits per heavy atom. The van der Waals surface area contributed by atoms with Gasteiger partial charge in [-0.25, -0.2) is 0 Å². The Kier molecular flexibility index (Phi) is 3.69. The van der Waals surface area contributed by atoms with Crippen molar-refractivity contribution in [2.45, 2.75) is 6.42 Å². The zero-order valence-corrected chi connectivity index (χ0v) is 8.36. The number of likely N-dealkylation sites (tertiary alicyclic amines) is 1. The Labute approximate surface area is 79.1 Å². The Hall–Kier alpha value is -0.610. The minimum atomic E-state index is -0.717. The number of hydrogen-bond acceptors (Lipinski definition) is 3. The van der Waals surface area contributed by atoms with Crippen LogP contribution in [0.2, 0.25) is 0 Å². The topological polar surface area (TPSA) is 43.8 Å². The van der Waals surface area contributed by atoms with E-state index >= 15 is 0 Å². The first-order chi connectivity index (χ1) is 6.08. The van der Waals surface area contributed by atoms with Gasteiger partial charge in [0, 0.05) is 13.1 Å². The van der Waals surface area contributed by atoms with Crippen LogP contribution >= 0.6 is 0 Å². The molecule has 1 aliphatic heterocycles. The lowest BCUT2D eigenvalue weighted by molar-refractivity contribution is -0.138. The fourth-order valence-corrected chi connectivity index (χ4v) is 1.91. The molecule has 1 fully saturated rings. The van der Waals surface area contributed by atoms with Crippen LogP contribution in [0.25, 0.3) is 0 Å². The molecule has 0 saturated carbocycles. The predicted molar refractivity (Wildman–Crippen MR) is 50.7 cm³/mol. The van der Waals surface area contributed by atoms with Gasteiger partial charge in [0.1, 0.15) is 0 Å². The summed E-state index contributed by atoms with van der Waals surface area (Å²) < 4.78 is 0. The number of hydrogen-bond donors (Lipinski definition) is 1. The number of rotatable bonds is 4. The number of carboxylic acid groups (broad SMARTS) is 1. The van der Waals surface area contributed by atoms with Crippen LogP contribution in [0, 0.1) is 5.92 Å². The van der Waals surface area contributed by atoms with Crippen LogP contribution in [0.4, 0.5) is 0 Å². The maximum atomic E-state index is 10.4. The largest absolute Gasteiger partial charge is 0.480 e. The van der Waals surface area contributed by atoms with Gasteiger partial charge in [-0.2, -0.15) is 0 Å². The Morgan fingerprint density at radius 2 is 2.31 bits per heavy atom. The van der Waals surface area contributed by atoms with Crippen molar-refractivity contribution in [1.29, 1.82) is 0 Å². The predicted octanol–water partition coefficient (Wildman–Crippen LogP) is -0.0455. The highest BCUT2D eigenvalue weighted by Gasteiger charge is 2.23. The first-order valence-electron chi connectivity index (χ1n) is 4.67. The molecular weight excluding hydrogens is 168 g/mol. The van der Waals surface area contributed by atoms with Crippen LogP contribution in [0.3, 0.4) is 0 Å². The molecule has 0 unspecified atom stereocenters. The molecule has 1 N–H and O–H groups in total. The van der Waals surface area contributed by atoms with Crippen molar-refractivity contribution in [3.8, 4) is 0 Å². The number of nitrogens with zero attached hydrogens (tertiary/aromatic N) is 2. The highest BCUT2D eigenvalue weighted by molar-refractivity contribution is 5.69. The molecule has 0 aromatic carbocycles. The van der Waals surface area contributed by atoms with E-state index in [9.17, 15) is 4.79 Å². The van der Waals surface area contributed by atoms with Gasteiger partial charge in [0.25, 0.3) is 0 Å². The smallest absolute Gasteiger partial charge is 0.317 e. The second-order valence-corrected chi connectivity index (χ2v) is 4.05. The zero-order chi connectivity index (χ0) is 9.84. The van der Waals surface area contributed by atoms with Crippen LogP contribution in [0.15, 0.2) is 0 Å². The molecule has 13 heavy (non-hydrogen) atoms. The fraction of sp³-hybridized carbons (Fsp3) is 0.889. The molecule has 1 saturated heterocycles. The summed E-state index contributed by atoms with van der Waals surface area (Å²) >= 11 is 0. The molecule has 1 atom stereocenters. The minimum Gasteiger partial charge on any atom is -0.480 e. The van der Waals surface area contributed by atoms with Gasteiger partial charge in [0.2, 0.25) is 0 Å². The average Bonchev–Trinajstić information content (AvgIpc) is 2.33. The second kappa shape index (κ2) is 4.58. The van der Waals surface area contributed by atoms with Gasteiger partial charge in [0.05, 0.1) is 6.54 Å². The van der Waals surface area contributed by atoms with E-state index in [-0.39, 0.29) is 6.54 Å². The highest BCUT2D eigenvalue weighted by atomic mass is 16.4. The normalized spacial score (nSPS) is 24.1. The molecule has 76 valence electrons. The van der Waals surface area contributed by atoms with Crippen LogP contribution in [0.5, 0.6) is 0 Å². The van der Waals surface area contributed by atoms with E-state index in [2.05, 4.69) is 19.0 Å². The van der Waals surface area contributed by atoms with Gasteiger partial charge < -0.3 is 10.0 Å². The molecule has 0 aromatic heterocycles. The summed E-state index contributed by atoms with van der Waals surface area (Å²) in [4.78, 5) is 14.6. The molecule has 0 aliphatic carbocycles. The lowest BCUT2D eigenvalue weighted by Gasteiger charge is -2.16. The average molecular weight is 186 g/mol. The van der Waals surface area contributed by atoms with Crippen molar-refractivity contribution in [2.75, 3.05) is 40.3 Å². The summed E-state index contributed by atoms with van der Waals surface area (Å²) in [5, 5.41) is 8.59. The molecule has 0 aromatic rings. The van der Waals surface area contributed by atoms with Crippen LogP contribution in [-0.2, 0) is 4.79 Å². The van der Waals surface area contributed by atoms with Gasteiger partial charge in [-0.1, -0.05) is 0 Å². The zero-order valence-electron chi connectivity index (χ0n) is 8.36. The molecule has 0 radical (unpaired) electrons. The second-order valence-electron chi connectivity index (χ2n) is 4.05. The molecule has 0 bridgehead atoms. The summed E-state index contributed by atoms with van der Waals surface area (Å²) in [5.41, 5.74) is 0. The SMILES string of the molecule is CN(C)C[C@@H]1CCN(CC(=O)O)C1. The lowest BCUT2D eigenvalue weighted by atomic mass is 10.1. The van der Waals surface area contributed by atoms with E-state index in [1.165, 1.54) is 0 Å². The van der Waals surface area contributed by atoms with Crippen molar-refractivity contribution in [3.63, 3.8) is 0 Å². The van der Waals surface area contributed by atoms with Crippen molar-refractivity contribution >= 4 is 5.97 Å². The maximum absolute atomic E-state index is 10.4. The molecule has 1 aliphatic rings. The maximum Gasteiger partial charge on any atom is 0.317 e. The van der Waals surface area contributed by atoms with E-state index < -0.39 is 5.97 Å². The summed E-state index contributed by atoms with van der Waals surface area (Å²) in [6, 6.07) is 0. The molecule has 1 heterocycles. The van der Waals surface area contributed by atoms with Gasteiger partial charge in [0.15, 0.2) is 0 Å². The van der Waals surface area contributed by atoms with E-state index in [1.54, 1.807) is 0 Å². The quantitative estimate of drug-likeness (QED) is 0.669. The highest BCUT2D eigenvalue weighted by Crippen LogP contribution is 2.15. The third-order valence-electron chi connectivity index (χ3n) is 2.35. The van der Waals surface area contributed by atoms with Crippen LogP contribution < -0.4 is 0 Å². The monoisotopic (exact) mass is 186 g/mol. The molecule has 4 nitrogen and oxygen atoms in total. The van der Waals surface area contributed by atoms with E-state index in [1.807, 2.05) is 4.90 Å². The number of carbonyl (C=O) groups is 1. The molecule has 0 spiro atoms.